The van der Waals surface area contributed by atoms with Gasteiger partial charge in [0.1, 0.15) is 0 Å². The number of ether oxygens (including phenoxy) is 2. The lowest BCUT2D eigenvalue weighted by Gasteiger charge is -2.20. The van der Waals surface area contributed by atoms with Gasteiger partial charge in [-0.15, -0.1) is 0 Å². The molecule has 0 saturated carbocycles. The summed E-state index contributed by atoms with van der Waals surface area (Å²) in [5, 5.41) is 9.20. The van der Waals surface area contributed by atoms with Gasteiger partial charge in [-0.05, 0) is 0 Å². The number of carbonyl (C=O) groups excluding carboxylic acids is 1. The summed E-state index contributed by atoms with van der Waals surface area (Å²) in [6, 6.07) is 0. The predicted molar refractivity (Wildman–Crippen MR) is 47.9 cm³/mol. The molecule has 1 N–H and O–H groups in total. The third-order valence-corrected chi connectivity index (χ3v) is 1.51. The molecule has 0 aliphatic heterocycles. The second-order valence-electron chi connectivity index (χ2n) is 3.16. The Kier molecular flexibility index (Phi) is 6.12. The van der Waals surface area contributed by atoms with Gasteiger partial charge in [0.2, 0.25) is 0 Å². The summed E-state index contributed by atoms with van der Waals surface area (Å²) in [6.45, 7) is -1.82. The van der Waals surface area contributed by atoms with Gasteiger partial charge in [-0.25, -0.2) is 4.79 Å². The number of carbonyl (C=O) groups is 1. The van der Waals surface area contributed by atoms with Gasteiger partial charge in [-0.1, -0.05) is 0 Å². The molecular weight excluding hydrogens is 231 g/mol. The largest absolute Gasteiger partial charge is 0.440 e. The second-order valence-corrected chi connectivity index (χ2v) is 3.16. The molecule has 1 amide bonds. The zero-order valence-corrected chi connectivity index (χ0v) is 8.95. The number of alkyl halides is 3. The van der Waals surface area contributed by atoms with Crippen molar-refractivity contribution in [2.75, 3.05) is 33.9 Å². The highest BCUT2D eigenvalue weighted by Crippen LogP contribution is 2.14. The molecule has 0 heterocycles. The first-order valence-electron chi connectivity index (χ1n) is 4.38. The van der Waals surface area contributed by atoms with Gasteiger partial charge in [0, 0.05) is 14.2 Å². The molecular formula is C8H14F3NO4. The Morgan fingerprint density at radius 3 is 2.50 bits per heavy atom. The molecule has 0 aliphatic rings. The molecule has 0 aliphatic carbocycles. The molecule has 0 rings (SSSR count). The van der Waals surface area contributed by atoms with E-state index < -0.39 is 25.0 Å². The number of aliphatic hydroxyl groups excluding tert-OH is 1. The van der Waals surface area contributed by atoms with Gasteiger partial charge < -0.3 is 19.5 Å². The third kappa shape index (κ3) is 7.30. The van der Waals surface area contributed by atoms with Gasteiger partial charge in [-0.2, -0.15) is 13.2 Å². The van der Waals surface area contributed by atoms with Crippen molar-refractivity contribution in [1.29, 1.82) is 0 Å². The predicted octanol–water partition coefficient (Wildman–Crippen LogP) is 0.624. The maximum Gasteiger partial charge on any atom is 0.422 e. The van der Waals surface area contributed by atoms with Crippen LogP contribution in [0.2, 0.25) is 0 Å². The average Bonchev–Trinajstić information content (AvgIpc) is 2.13. The molecule has 96 valence electrons. The lowest BCUT2D eigenvalue weighted by molar-refractivity contribution is -0.162. The SMILES string of the molecule is COCC(O)CN(C)C(=O)OCC(F)(F)F. The van der Waals surface area contributed by atoms with Crippen molar-refractivity contribution >= 4 is 6.09 Å². The summed E-state index contributed by atoms with van der Waals surface area (Å²) in [7, 11) is 2.57. The van der Waals surface area contributed by atoms with Crippen LogP contribution in [0.1, 0.15) is 0 Å². The molecule has 16 heavy (non-hydrogen) atoms. The number of nitrogens with zero attached hydrogens (tertiary/aromatic N) is 1. The highest BCUT2D eigenvalue weighted by atomic mass is 19.4. The molecule has 0 saturated heterocycles. The van der Waals surface area contributed by atoms with E-state index in [0.29, 0.717) is 0 Å². The van der Waals surface area contributed by atoms with Crippen LogP contribution < -0.4 is 0 Å². The Morgan fingerprint density at radius 2 is 2.06 bits per heavy atom. The summed E-state index contributed by atoms with van der Waals surface area (Å²) in [6.07, 6.45) is -6.66. The van der Waals surface area contributed by atoms with Crippen LogP contribution in [0.5, 0.6) is 0 Å². The van der Waals surface area contributed by atoms with Crippen LogP contribution in [0.3, 0.4) is 0 Å². The van der Waals surface area contributed by atoms with Crippen LogP contribution in [-0.2, 0) is 9.47 Å². The number of likely N-dealkylation sites (N-methyl/N-ethyl adjacent to an activating group) is 1. The maximum atomic E-state index is 11.7. The fraction of sp³-hybridized carbons (Fsp3) is 0.875. The van der Waals surface area contributed by atoms with Crippen LogP contribution in [-0.4, -0.2) is 62.3 Å². The number of halogens is 3. The van der Waals surface area contributed by atoms with Crippen molar-refractivity contribution in [2.24, 2.45) is 0 Å². The van der Waals surface area contributed by atoms with Gasteiger partial charge >= 0.3 is 12.3 Å². The van der Waals surface area contributed by atoms with E-state index >= 15 is 0 Å². The quantitative estimate of drug-likeness (QED) is 0.771. The Balaban J connectivity index is 3.90. The van der Waals surface area contributed by atoms with E-state index in [9.17, 15) is 23.1 Å². The van der Waals surface area contributed by atoms with Gasteiger partial charge in [0.05, 0.1) is 19.3 Å². The molecule has 0 radical (unpaired) electrons. The smallest absolute Gasteiger partial charge is 0.422 e. The van der Waals surface area contributed by atoms with E-state index in [0.717, 1.165) is 4.90 Å². The average molecular weight is 245 g/mol. The summed E-state index contributed by atoms with van der Waals surface area (Å²) < 4.78 is 43.6. The highest BCUT2D eigenvalue weighted by Gasteiger charge is 2.30. The van der Waals surface area contributed by atoms with E-state index in [2.05, 4.69) is 9.47 Å². The minimum Gasteiger partial charge on any atom is -0.440 e. The third-order valence-electron chi connectivity index (χ3n) is 1.51. The fourth-order valence-electron chi connectivity index (χ4n) is 0.890. The first-order chi connectivity index (χ1) is 7.26. The topological polar surface area (TPSA) is 59.0 Å². The van der Waals surface area contributed by atoms with E-state index in [-0.39, 0.29) is 13.2 Å². The Bertz CT molecular complexity index is 222. The number of methoxy groups -OCH3 is 1. The summed E-state index contributed by atoms with van der Waals surface area (Å²) in [5.74, 6) is 0. The van der Waals surface area contributed by atoms with Crippen LogP contribution in [0, 0.1) is 0 Å². The molecule has 0 aromatic carbocycles. The van der Waals surface area contributed by atoms with E-state index in [1.807, 2.05) is 0 Å². The van der Waals surface area contributed by atoms with Crippen molar-refractivity contribution in [3.05, 3.63) is 0 Å². The number of amides is 1. The Hall–Kier alpha value is -1.02. The monoisotopic (exact) mass is 245 g/mol. The first-order valence-corrected chi connectivity index (χ1v) is 4.38. The summed E-state index contributed by atoms with van der Waals surface area (Å²) in [5.41, 5.74) is 0. The molecule has 8 heteroatoms. The number of hydrogen-bond acceptors (Lipinski definition) is 4. The van der Waals surface area contributed by atoms with Crippen LogP contribution in [0.15, 0.2) is 0 Å². The van der Waals surface area contributed by atoms with Crippen molar-refractivity contribution in [1.82, 2.24) is 4.90 Å². The van der Waals surface area contributed by atoms with Crippen molar-refractivity contribution < 1.29 is 32.5 Å². The Labute approximate surface area is 90.7 Å². The molecule has 0 spiro atoms. The first kappa shape index (κ1) is 15.0. The normalized spacial score (nSPS) is 13.4. The highest BCUT2D eigenvalue weighted by molar-refractivity contribution is 5.67. The van der Waals surface area contributed by atoms with Crippen LogP contribution in [0.4, 0.5) is 18.0 Å². The van der Waals surface area contributed by atoms with E-state index in [1.54, 1.807) is 0 Å². The standard InChI is InChI=1S/C8H14F3NO4/c1-12(3-6(13)4-15-2)7(14)16-5-8(9,10)11/h6,13H,3-5H2,1-2H3. The van der Waals surface area contributed by atoms with Gasteiger partial charge in [0.25, 0.3) is 0 Å². The van der Waals surface area contributed by atoms with Crippen molar-refractivity contribution in [3.8, 4) is 0 Å². The number of rotatable bonds is 5. The zero-order chi connectivity index (χ0) is 12.8. The van der Waals surface area contributed by atoms with Crippen LogP contribution >= 0.6 is 0 Å². The number of aliphatic hydroxyl groups is 1. The molecule has 5 nitrogen and oxygen atoms in total. The number of hydrogen-bond donors (Lipinski definition) is 1. The molecule has 1 unspecified atom stereocenters. The van der Waals surface area contributed by atoms with E-state index in [1.165, 1.54) is 14.2 Å². The van der Waals surface area contributed by atoms with E-state index in [4.69, 9.17) is 0 Å². The summed E-state index contributed by atoms with van der Waals surface area (Å²) >= 11 is 0. The molecule has 1 atom stereocenters. The lowest BCUT2D eigenvalue weighted by atomic mass is 10.3. The molecule has 0 aromatic rings. The lowest BCUT2D eigenvalue weighted by Crippen LogP contribution is -2.37. The minimum absolute atomic E-state index is 0.0170. The molecule has 0 bridgehead atoms. The second kappa shape index (κ2) is 6.54. The van der Waals surface area contributed by atoms with Gasteiger partial charge in [0.15, 0.2) is 6.61 Å². The minimum atomic E-state index is -4.55. The van der Waals surface area contributed by atoms with Crippen molar-refractivity contribution in [3.63, 3.8) is 0 Å². The van der Waals surface area contributed by atoms with Crippen molar-refractivity contribution in [2.45, 2.75) is 12.3 Å². The maximum absolute atomic E-state index is 11.7. The fourth-order valence-corrected chi connectivity index (χ4v) is 0.890. The van der Waals surface area contributed by atoms with Crippen LogP contribution in [0.25, 0.3) is 0 Å². The van der Waals surface area contributed by atoms with Gasteiger partial charge in [-0.3, -0.25) is 0 Å². The molecule has 0 aromatic heterocycles. The Morgan fingerprint density at radius 1 is 1.50 bits per heavy atom. The zero-order valence-electron chi connectivity index (χ0n) is 8.95. The molecule has 0 fully saturated rings. The summed E-state index contributed by atoms with van der Waals surface area (Å²) in [4.78, 5) is 11.8.